The van der Waals surface area contributed by atoms with E-state index in [1.54, 1.807) is 0 Å². The van der Waals surface area contributed by atoms with Gasteiger partial charge in [0.2, 0.25) is 10.0 Å². The topological polar surface area (TPSA) is 82.0 Å². The van der Waals surface area contributed by atoms with Gasteiger partial charge < -0.3 is 5.32 Å². The highest BCUT2D eigenvalue weighted by Gasteiger charge is 2.26. The van der Waals surface area contributed by atoms with Crippen molar-refractivity contribution >= 4 is 21.6 Å². The van der Waals surface area contributed by atoms with Crippen molar-refractivity contribution in [1.82, 2.24) is 10.0 Å². The Hall–Kier alpha value is -1.13. The first kappa shape index (κ1) is 16.2. The van der Waals surface area contributed by atoms with Gasteiger partial charge in [0.25, 0.3) is 0 Å². The predicted octanol–water partition coefficient (Wildman–Crippen LogP) is 1.88. The van der Waals surface area contributed by atoms with Crippen LogP contribution in [0.2, 0.25) is 5.02 Å². The Balaban J connectivity index is 2.22. The summed E-state index contributed by atoms with van der Waals surface area (Å²) in [4.78, 5) is -0.0619. The van der Waals surface area contributed by atoms with E-state index in [0.29, 0.717) is 5.02 Å². The minimum atomic E-state index is -3.76. The van der Waals surface area contributed by atoms with Crippen LogP contribution in [0.3, 0.4) is 0 Å². The summed E-state index contributed by atoms with van der Waals surface area (Å²) in [5.74, 6) is 0.248. The van der Waals surface area contributed by atoms with Crippen molar-refractivity contribution in [3.63, 3.8) is 0 Å². The SMILES string of the molecule is CC(NS(=O)(=O)c1cc(Cl)ccc1C#N)C1CCCNC1. The van der Waals surface area contributed by atoms with Crippen molar-refractivity contribution in [2.45, 2.75) is 30.7 Å². The highest BCUT2D eigenvalue weighted by Crippen LogP contribution is 2.22. The second kappa shape index (κ2) is 6.75. The molecule has 1 saturated heterocycles. The molecule has 2 atom stereocenters. The lowest BCUT2D eigenvalue weighted by Gasteiger charge is -2.28. The lowest BCUT2D eigenvalue weighted by Crippen LogP contribution is -2.44. The molecule has 1 aromatic rings. The van der Waals surface area contributed by atoms with Crippen LogP contribution in [-0.2, 0) is 10.0 Å². The van der Waals surface area contributed by atoms with Crippen LogP contribution < -0.4 is 10.0 Å². The minimum absolute atomic E-state index is 0.0619. The third-order valence-corrected chi connectivity index (χ3v) is 5.57. The standard InChI is InChI=1S/C14H18ClN3O2S/c1-10(12-3-2-6-17-9-12)18-21(19,20)14-7-13(15)5-4-11(14)8-16/h4-5,7,10,12,17-18H,2-3,6,9H2,1H3. The summed E-state index contributed by atoms with van der Waals surface area (Å²) in [6.45, 7) is 3.62. The summed E-state index contributed by atoms with van der Waals surface area (Å²) in [5.41, 5.74) is 0.0980. The molecule has 7 heteroatoms. The Bertz CT molecular complexity index is 649. The van der Waals surface area contributed by atoms with Crippen molar-refractivity contribution in [3.8, 4) is 6.07 Å². The van der Waals surface area contributed by atoms with Crippen LogP contribution in [0.25, 0.3) is 0 Å². The second-order valence-corrected chi connectivity index (χ2v) is 7.39. The molecular formula is C14H18ClN3O2S. The molecule has 1 fully saturated rings. The van der Waals surface area contributed by atoms with Gasteiger partial charge in [-0.2, -0.15) is 5.26 Å². The number of nitrogens with zero attached hydrogens (tertiary/aromatic N) is 1. The van der Waals surface area contributed by atoms with E-state index in [9.17, 15) is 8.42 Å². The van der Waals surface area contributed by atoms with Crippen molar-refractivity contribution in [2.75, 3.05) is 13.1 Å². The number of piperidine rings is 1. The lowest BCUT2D eigenvalue weighted by atomic mass is 9.94. The molecule has 21 heavy (non-hydrogen) atoms. The zero-order valence-electron chi connectivity index (χ0n) is 11.8. The van der Waals surface area contributed by atoms with Crippen LogP contribution >= 0.6 is 11.6 Å². The molecule has 1 aliphatic heterocycles. The highest BCUT2D eigenvalue weighted by molar-refractivity contribution is 7.89. The molecule has 5 nitrogen and oxygen atoms in total. The molecule has 2 rings (SSSR count). The number of nitrogens with one attached hydrogen (secondary N) is 2. The van der Waals surface area contributed by atoms with Crippen LogP contribution in [0.5, 0.6) is 0 Å². The monoisotopic (exact) mass is 327 g/mol. The summed E-state index contributed by atoms with van der Waals surface area (Å²) in [6.07, 6.45) is 2.02. The second-order valence-electron chi connectivity index (χ2n) is 5.27. The van der Waals surface area contributed by atoms with Gasteiger partial charge in [0, 0.05) is 11.1 Å². The van der Waals surface area contributed by atoms with Crippen LogP contribution in [0, 0.1) is 17.2 Å². The average Bonchev–Trinajstić information content (AvgIpc) is 2.47. The Morgan fingerprint density at radius 3 is 2.90 bits per heavy atom. The van der Waals surface area contributed by atoms with Crippen LogP contribution in [0.1, 0.15) is 25.3 Å². The summed E-state index contributed by atoms with van der Waals surface area (Å²) < 4.78 is 27.6. The number of sulfonamides is 1. The van der Waals surface area contributed by atoms with E-state index in [1.807, 2.05) is 13.0 Å². The molecule has 114 valence electrons. The van der Waals surface area contributed by atoms with Crippen LogP contribution in [-0.4, -0.2) is 27.5 Å². The Kier molecular flexibility index (Phi) is 5.22. The van der Waals surface area contributed by atoms with E-state index < -0.39 is 10.0 Å². The molecule has 1 aromatic carbocycles. The zero-order chi connectivity index (χ0) is 15.5. The average molecular weight is 328 g/mol. The number of hydrogen-bond donors (Lipinski definition) is 2. The van der Waals surface area contributed by atoms with Gasteiger partial charge in [-0.25, -0.2) is 13.1 Å². The lowest BCUT2D eigenvalue weighted by molar-refractivity contribution is 0.320. The first-order valence-electron chi connectivity index (χ1n) is 6.87. The van der Waals surface area contributed by atoms with E-state index in [4.69, 9.17) is 16.9 Å². The summed E-state index contributed by atoms with van der Waals surface area (Å²) >= 11 is 5.85. The smallest absolute Gasteiger partial charge is 0.242 e. The maximum Gasteiger partial charge on any atom is 0.242 e. The fraction of sp³-hybridized carbons (Fsp3) is 0.500. The number of benzene rings is 1. The first-order chi connectivity index (χ1) is 9.94. The Morgan fingerprint density at radius 1 is 1.52 bits per heavy atom. The van der Waals surface area contributed by atoms with E-state index in [0.717, 1.165) is 25.9 Å². The molecular weight excluding hydrogens is 310 g/mol. The van der Waals surface area contributed by atoms with Gasteiger partial charge in [-0.05, 0) is 57.0 Å². The molecule has 0 bridgehead atoms. The molecule has 0 aromatic heterocycles. The Morgan fingerprint density at radius 2 is 2.29 bits per heavy atom. The Labute approximate surface area is 130 Å². The molecule has 2 N–H and O–H groups in total. The fourth-order valence-corrected chi connectivity index (χ4v) is 4.25. The molecule has 0 saturated carbocycles. The number of rotatable bonds is 4. The highest BCUT2D eigenvalue weighted by atomic mass is 35.5. The quantitative estimate of drug-likeness (QED) is 0.884. The summed E-state index contributed by atoms with van der Waals surface area (Å²) in [7, 11) is -3.76. The number of nitriles is 1. The third kappa shape index (κ3) is 3.95. The van der Waals surface area contributed by atoms with Crippen LogP contribution in [0.4, 0.5) is 0 Å². The summed E-state index contributed by atoms with van der Waals surface area (Å²) in [6, 6.07) is 5.93. The molecule has 2 unspecified atom stereocenters. The first-order valence-corrected chi connectivity index (χ1v) is 8.73. The van der Waals surface area contributed by atoms with Crippen molar-refractivity contribution in [1.29, 1.82) is 5.26 Å². The molecule has 0 spiro atoms. The van der Waals surface area contributed by atoms with Gasteiger partial charge in [0.15, 0.2) is 0 Å². The molecule has 0 amide bonds. The van der Waals surface area contributed by atoms with Gasteiger partial charge in [-0.1, -0.05) is 11.6 Å². The van der Waals surface area contributed by atoms with E-state index in [-0.39, 0.29) is 22.4 Å². The molecule has 0 aliphatic carbocycles. The van der Waals surface area contributed by atoms with Gasteiger partial charge in [-0.3, -0.25) is 0 Å². The van der Waals surface area contributed by atoms with Crippen LogP contribution in [0.15, 0.2) is 23.1 Å². The summed E-state index contributed by atoms with van der Waals surface area (Å²) in [5, 5.41) is 12.6. The number of hydrogen-bond acceptors (Lipinski definition) is 4. The third-order valence-electron chi connectivity index (χ3n) is 3.74. The van der Waals surface area contributed by atoms with Crippen molar-refractivity contribution < 1.29 is 8.42 Å². The predicted molar refractivity (Wildman–Crippen MR) is 81.5 cm³/mol. The normalized spacial score (nSPS) is 20.7. The van der Waals surface area contributed by atoms with E-state index in [2.05, 4.69) is 10.0 Å². The van der Waals surface area contributed by atoms with Gasteiger partial charge >= 0.3 is 0 Å². The van der Waals surface area contributed by atoms with E-state index in [1.165, 1.54) is 18.2 Å². The van der Waals surface area contributed by atoms with Crippen molar-refractivity contribution in [3.05, 3.63) is 28.8 Å². The molecule has 1 aliphatic rings. The van der Waals surface area contributed by atoms with Gasteiger partial charge in [0.05, 0.1) is 5.56 Å². The maximum absolute atomic E-state index is 12.5. The largest absolute Gasteiger partial charge is 0.316 e. The van der Waals surface area contributed by atoms with E-state index >= 15 is 0 Å². The maximum atomic E-state index is 12.5. The molecule has 0 radical (unpaired) electrons. The van der Waals surface area contributed by atoms with Crippen molar-refractivity contribution in [2.24, 2.45) is 5.92 Å². The minimum Gasteiger partial charge on any atom is -0.316 e. The fourth-order valence-electron chi connectivity index (χ4n) is 2.52. The number of halogens is 1. The van der Waals surface area contributed by atoms with Gasteiger partial charge in [0.1, 0.15) is 11.0 Å². The zero-order valence-corrected chi connectivity index (χ0v) is 13.3. The van der Waals surface area contributed by atoms with Gasteiger partial charge in [-0.15, -0.1) is 0 Å². The molecule has 1 heterocycles.